The number of isothiocyanates is 1. The number of aliphatic imine (C=N–C) groups is 1. The molecule has 0 spiro atoms. The van der Waals surface area contributed by atoms with Crippen LogP contribution in [0.15, 0.2) is 72.2 Å². The fraction of sp³-hybridized carbons (Fsp3) is 0.0800. The van der Waals surface area contributed by atoms with E-state index in [9.17, 15) is 4.39 Å². The van der Waals surface area contributed by atoms with Crippen LogP contribution < -0.4 is 0 Å². The van der Waals surface area contributed by atoms with Crippen LogP contribution in [0.3, 0.4) is 0 Å². The standard InChI is InChI=1S/C25H18FNS/c1-17(2)23-14-22(15-24(26)25(23)27-16-28)21-12-10-20(11-13-21)9-8-19-6-4-18(3)5-7-19/h4-7,10-15H,1H2,2-3H3. The van der Waals surface area contributed by atoms with Gasteiger partial charge < -0.3 is 0 Å². The molecule has 136 valence electrons. The largest absolute Gasteiger partial charge is 0.205 e. The van der Waals surface area contributed by atoms with Gasteiger partial charge in [-0.05, 0) is 79.2 Å². The minimum Gasteiger partial charge on any atom is -0.205 e. The third-order valence-corrected chi connectivity index (χ3v) is 4.39. The van der Waals surface area contributed by atoms with Crippen molar-refractivity contribution >= 4 is 28.6 Å². The number of nitrogens with zero attached hydrogens (tertiary/aromatic N) is 1. The molecule has 0 N–H and O–H groups in total. The summed E-state index contributed by atoms with van der Waals surface area (Å²) in [4.78, 5) is 3.85. The summed E-state index contributed by atoms with van der Waals surface area (Å²) in [6.07, 6.45) is 0. The maximum Gasteiger partial charge on any atom is 0.150 e. The zero-order valence-corrected chi connectivity index (χ0v) is 16.5. The summed E-state index contributed by atoms with van der Waals surface area (Å²) in [6.45, 7) is 7.77. The Balaban J connectivity index is 1.93. The van der Waals surface area contributed by atoms with Crippen LogP contribution in [0.25, 0.3) is 16.7 Å². The molecule has 28 heavy (non-hydrogen) atoms. The first-order valence-electron chi connectivity index (χ1n) is 8.74. The summed E-state index contributed by atoms with van der Waals surface area (Å²) in [7, 11) is 0. The number of rotatable bonds is 3. The maximum atomic E-state index is 14.5. The van der Waals surface area contributed by atoms with Gasteiger partial charge in [-0.3, -0.25) is 0 Å². The van der Waals surface area contributed by atoms with Crippen molar-refractivity contribution in [1.29, 1.82) is 0 Å². The number of thiocarbonyl (C=S) groups is 1. The first-order valence-corrected chi connectivity index (χ1v) is 9.15. The van der Waals surface area contributed by atoms with Crippen LogP contribution in [0.4, 0.5) is 10.1 Å². The van der Waals surface area contributed by atoms with Crippen LogP contribution in [-0.4, -0.2) is 5.16 Å². The Morgan fingerprint density at radius 3 is 2.04 bits per heavy atom. The van der Waals surface area contributed by atoms with Gasteiger partial charge in [-0.25, -0.2) is 4.39 Å². The Hall–Kier alpha value is -3.31. The molecule has 0 radical (unpaired) electrons. The molecule has 0 aliphatic heterocycles. The van der Waals surface area contributed by atoms with E-state index in [1.165, 1.54) is 11.6 Å². The highest BCUT2D eigenvalue weighted by Crippen LogP contribution is 2.33. The van der Waals surface area contributed by atoms with Gasteiger partial charge in [0.1, 0.15) is 5.69 Å². The smallest absolute Gasteiger partial charge is 0.150 e. The summed E-state index contributed by atoms with van der Waals surface area (Å²) in [5.74, 6) is 5.86. The van der Waals surface area contributed by atoms with Crippen molar-refractivity contribution in [2.75, 3.05) is 0 Å². The number of aryl methyl sites for hydroxylation is 1. The molecule has 0 amide bonds. The summed E-state index contributed by atoms with van der Waals surface area (Å²) in [5, 5.41) is 2.23. The average molecular weight is 383 g/mol. The quantitative estimate of drug-likeness (QED) is 0.270. The highest BCUT2D eigenvalue weighted by molar-refractivity contribution is 7.78. The van der Waals surface area contributed by atoms with E-state index in [2.05, 4.69) is 40.8 Å². The number of hydrogen-bond donors (Lipinski definition) is 0. The Labute approximate surface area is 170 Å². The van der Waals surface area contributed by atoms with E-state index in [-0.39, 0.29) is 5.69 Å². The molecular formula is C25H18FNS. The third kappa shape index (κ3) is 4.50. The van der Waals surface area contributed by atoms with E-state index >= 15 is 0 Å². The van der Waals surface area contributed by atoms with E-state index in [0.717, 1.165) is 22.3 Å². The second-order valence-electron chi connectivity index (χ2n) is 6.53. The van der Waals surface area contributed by atoms with Crippen LogP contribution in [0.2, 0.25) is 0 Å². The van der Waals surface area contributed by atoms with Crippen LogP contribution in [0.1, 0.15) is 29.2 Å². The number of benzene rings is 3. The Bertz CT molecular complexity index is 1140. The van der Waals surface area contributed by atoms with E-state index in [0.29, 0.717) is 11.1 Å². The summed E-state index contributed by atoms with van der Waals surface area (Å²) in [5.41, 5.74) is 6.22. The molecule has 0 saturated carbocycles. The number of allylic oxidation sites excluding steroid dienone is 1. The van der Waals surface area contributed by atoms with Gasteiger partial charge in [0.05, 0.1) is 5.16 Å². The SMILES string of the molecule is C=C(C)c1cc(-c2ccc(C#Cc3ccc(C)cc3)cc2)cc(F)c1N=C=S. The predicted octanol–water partition coefficient (Wildman–Crippen LogP) is 6.97. The Kier molecular flexibility index (Phi) is 5.96. The first-order chi connectivity index (χ1) is 13.5. The first kappa shape index (κ1) is 19.5. The topological polar surface area (TPSA) is 12.4 Å². The van der Waals surface area contributed by atoms with Crippen molar-refractivity contribution in [3.8, 4) is 23.0 Å². The van der Waals surface area contributed by atoms with Crippen LogP contribution in [0, 0.1) is 24.6 Å². The maximum absolute atomic E-state index is 14.5. The average Bonchev–Trinajstić information content (AvgIpc) is 2.69. The highest BCUT2D eigenvalue weighted by atomic mass is 32.1. The zero-order valence-electron chi connectivity index (χ0n) is 15.7. The van der Waals surface area contributed by atoms with Crippen molar-refractivity contribution in [3.05, 3.63) is 95.3 Å². The summed E-state index contributed by atoms with van der Waals surface area (Å²) >= 11 is 4.62. The second kappa shape index (κ2) is 8.59. The van der Waals surface area contributed by atoms with E-state index in [1.54, 1.807) is 0 Å². The summed E-state index contributed by atoms with van der Waals surface area (Å²) in [6, 6.07) is 19.1. The molecule has 0 unspecified atom stereocenters. The predicted molar refractivity (Wildman–Crippen MR) is 118 cm³/mol. The van der Waals surface area contributed by atoms with Crippen molar-refractivity contribution in [2.45, 2.75) is 13.8 Å². The van der Waals surface area contributed by atoms with Crippen LogP contribution in [0.5, 0.6) is 0 Å². The van der Waals surface area contributed by atoms with Gasteiger partial charge in [0.15, 0.2) is 5.82 Å². The fourth-order valence-electron chi connectivity index (χ4n) is 2.78. The molecule has 0 heterocycles. The van der Waals surface area contributed by atoms with Gasteiger partial charge in [0, 0.05) is 16.7 Å². The molecule has 0 aliphatic rings. The molecular weight excluding hydrogens is 365 g/mol. The minimum absolute atomic E-state index is 0.173. The molecule has 3 aromatic carbocycles. The van der Waals surface area contributed by atoms with E-state index in [4.69, 9.17) is 0 Å². The molecule has 3 aromatic rings. The van der Waals surface area contributed by atoms with Crippen molar-refractivity contribution in [1.82, 2.24) is 0 Å². The van der Waals surface area contributed by atoms with Gasteiger partial charge >= 0.3 is 0 Å². The van der Waals surface area contributed by atoms with Gasteiger partial charge in [0.25, 0.3) is 0 Å². The van der Waals surface area contributed by atoms with E-state index in [1.807, 2.05) is 68.4 Å². The number of hydrogen-bond acceptors (Lipinski definition) is 2. The van der Waals surface area contributed by atoms with Gasteiger partial charge in [-0.1, -0.05) is 48.2 Å². The van der Waals surface area contributed by atoms with Gasteiger partial charge in [-0.15, -0.1) is 0 Å². The number of halogens is 1. The molecule has 0 aliphatic carbocycles. The van der Waals surface area contributed by atoms with Gasteiger partial charge in [0.2, 0.25) is 0 Å². The molecule has 3 heteroatoms. The molecule has 0 bridgehead atoms. The molecule has 0 saturated heterocycles. The lowest BCUT2D eigenvalue weighted by Gasteiger charge is -2.10. The van der Waals surface area contributed by atoms with E-state index < -0.39 is 5.82 Å². The molecule has 3 rings (SSSR count). The molecule has 0 atom stereocenters. The minimum atomic E-state index is -0.448. The van der Waals surface area contributed by atoms with Crippen molar-refractivity contribution in [3.63, 3.8) is 0 Å². The van der Waals surface area contributed by atoms with Crippen LogP contribution >= 0.6 is 12.2 Å². The lowest BCUT2D eigenvalue weighted by Crippen LogP contribution is -1.89. The Morgan fingerprint density at radius 1 is 0.929 bits per heavy atom. The zero-order chi connectivity index (χ0) is 20.1. The Morgan fingerprint density at radius 2 is 1.50 bits per heavy atom. The summed E-state index contributed by atoms with van der Waals surface area (Å²) < 4.78 is 14.5. The van der Waals surface area contributed by atoms with Crippen molar-refractivity contribution in [2.24, 2.45) is 4.99 Å². The molecule has 1 nitrogen and oxygen atoms in total. The monoisotopic (exact) mass is 383 g/mol. The third-order valence-electron chi connectivity index (χ3n) is 4.30. The normalized spacial score (nSPS) is 9.82. The second-order valence-corrected chi connectivity index (χ2v) is 6.71. The van der Waals surface area contributed by atoms with Gasteiger partial charge in [-0.2, -0.15) is 4.99 Å². The molecule has 0 fully saturated rings. The lowest BCUT2D eigenvalue weighted by molar-refractivity contribution is 0.630. The lowest BCUT2D eigenvalue weighted by atomic mass is 9.97. The fourth-order valence-corrected chi connectivity index (χ4v) is 2.87. The van der Waals surface area contributed by atoms with Crippen molar-refractivity contribution < 1.29 is 4.39 Å². The highest BCUT2D eigenvalue weighted by Gasteiger charge is 2.12. The molecule has 0 aromatic heterocycles. The van der Waals surface area contributed by atoms with Crippen LogP contribution in [-0.2, 0) is 0 Å².